The number of imide groups is 1. The zero-order chi connectivity index (χ0) is 17.6. The maximum atomic E-state index is 12.9. The van der Waals surface area contributed by atoms with Crippen LogP contribution in [-0.2, 0) is 9.53 Å². The van der Waals surface area contributed by atoms with Gasteiger partial charge in [-0.05, 0) is 45.1 Å². The highest BCUT2D eigenvalue weighted by molar-refractivity contribution is 7.17. The number of esters is 1. The largest absolute Gasteiger partial charge is 0.462 e. The van der Waals surface area contributed by atoms with Crippen LogP contribution in [0.15, 0.2) is 0 Å². The van der Waals surface area contributed by atoms with Crippen molar-refractivity contribution in [1.82, 2.24) is 4.90 Å². The second kappa shape index (κ2) is 6.20. The van der Waals surface area contributed by atoms with Crippen molar-refractivity contribution in [1.29, 1.82) is 0 Å². The molecule has 0 radical (unpaired) electrons. The van der Waals surface area contributed by atoms with Crippen molar-refractivity contribution in [2.45, 2.75) is 46.6 Å². The van der Waals surface area contributed by atoms with Crippen LogP contribution in [0.2, 0.25) is 0 Å². The molecule has 0 aromatic carbocycles. The van der Waals surface area contributed by atoms with Crippen LogP contribution in [0.25, 0.3) is 0 Å². The second-order valence-corrected chi connectivity index (χ2v) is 7.68. The van der Waals surface area contributed by atoms with Crippen LogP contribution < -0.4 is 4.90 Å². The third-order valence-corrected chi connectivity index (χ3v) is 6.05. The van der Waals surface area contributed by atoms with Gasteiger partial charge in [-0.25, -0.2) is 14.5 Å². The van der Waals surface area contributed by atoms with Gasteiger partial charge >= 0.3 is 12.0 Å². The molecule has 2 aliphatic rings. The van der Waals surface area contributed by atoms with Crippen molar-refractivity contribution in [3.63, 3.8) is 0 Å². The maximum Gasteiger partial charge on any atom is 0.341 e. The first kappa shape index (κ1) is 17.0. The maximum absolute atomic E-state index is 12.9. The fraction of sp³-hybridized carbons (Fsp3) is 0.588. The molecule has 2 saturated heterocycles. The second-order valence-electron chi connectivity index (χ2n) is 6.48. The first-order valence-electron chi connectivity index (χ1n) is 8.28. The Hall–Kier alpha value is -1.89. The van der Waals surface area contributed by atoms with Crippen molar-refractivity contribution in [3.05, 3.63) is 16.0 Å². The number of piperidine rings is 1. The molecule has 3 heterocycles. The number of rotatable bonds is 3. The molecule has 0 saturated carbocycles. The van der Waals surface area contributed by atoms with E-state index in [9.17, 15) is 14.4 Å². The van der Waals surface area contributed by atoms with Crippen LogP contribution in [0.5, 0.6) is 0 Å². The Morgan fingerprint density at radius 2 is 2.04 bits per heavy atom. The SMILES string of the molecule is CCOC(=O)c1c(N2C(=O)[C@H]3C[C@@H](C)CCN3C2=O)sc(C)c1C. The number of carbonyl (C=O) groups is 3. The Kier molecular flexibility index (Phi) is 4.38. The Morgan fingerprint density at radius 3 is 2.71 bits per heavy atom. The monoisotopic (exact) mass is 350 g/mol. The molecule has 0 N–H and O–H groups in total. The molecule has 24 heavy (non-hydrogen) atoms. The molecule has 2 aliphatic heterocycles. The molecule has 0 bridgehead atoms. The van der Waals surface area contributed by atoms with E-state index >= 15 is 0 Å². The van der Waals surface area contributed by atoms with E-state index in [1.54, 1.807) is 11.8 Å². The molecule has 2 atom stereocenters. The van der Waals surface area contributed by atoms with E-state index in [0.29, 0.717) is 29.4 Å². The zero-order valence-electron chi connectivity index (χ0n) is 14.4. The van der Waals surface area contributed by atoms with Crippen LogP contribution in [-0.4, -0.2) is 42.0 Å². The van der Waals surface area contributed by atoms with Gasteiger partial charge in [-0.15, -0.1) is 11.3 Å². The lowest BCUT2D eigenvalue weighted by Crippen LogP contribution is -2.41. The number of anilines is 1. The van der Waals surface area contributed by atoms with E-state index in [4.69, 9.17) is 4.74 Å². The lowest BCUT2D eigenvalue weighted by atomic mass is 9.93. The number of urea groups is 1. The summed E-state index contributed by atoms with van der Waals surface area (Å²) in [5.41, 5.74) is 1.11. The number of hydrogen-bond donors (Lipinski definition) is 0. The van der Waals surface area contributed by atoms with Gasteiger partial charge in [0.25, 0.3) is 5.91 Å². The number of aryl methyl sites for hydroxylation is 1. The summed E-state index contributed by atoms with van der Waals surface area (Å²) in [5.74, 6) is -0.286. The molecular formula is C17H22N2O4S. The van der Waals surface area contributed by atoms with Crippen LogP contribution in [0.1, 0.15) is 47.5 Å². The first-order valence-corrected chi connectivity index (χ1v) is 9.10. The third kappa shape index (κ3) is 2.51. The molecule has 130 valence electrons. The predicted octanol–water partition coefficient (Wildman–Crippen LogP) is 3.11. The van der Waals surface area contributed by atoms with Crippen LogP contribution >= 0.6 is 11.3 Å². The van der Waals surface area contributed by atoms with Gasteiger partial charge in [0.05, 0.1) is 12.2 Å². The fourth-order valence-corrected chi connectivity index (χ4v) is 4.52. The van der Waals surface area contributed by atoms with Gasteiger partial charge in [-0.2, -0.15) is 0 Å². The van der Waals surface area contributed by atoms with E-state index in [1.807, 2.05) is 13.8 Å². The average molecular weight is 350 g/mol. The normalized spacial score (nSPS) is 23.7. The quantitative estimate of drug-likeness (QED) is 0.620. The number of thiophene rings is 1. The van der Waals surface area contributed by atoms with Crippen molar-refractivity contribution >= 4 is 34.2 Å². The molecule has 0 unspecified atom stereocenters. The first-order chi connectivity index (χ1) is 11.4. The standard InChI is InChI=1S/C17H22N2O4S/c1-5-23-16(21)13-10(3)11(4)24-15(13)19-14(20)12-8-9(2)6-7-18(12)17(19)22/h9,12H,5-8H2,1-4H3/t9-,12+/m0/s1. The van der Waals surface area contributed by atoms with Gasteiger partial charge in [0.1, 0.15) is 11.0 Å². The third-order valence-electron chi connectivity index (χ3n) is 4.86. The summed E-state index contributed by atoms with van der Waals surface area (Å²) < 4.78 is 5.13. The van der Waals surface area contributed by atoms with Crippen molar-refractivity contribution in [3.8, 4) is 0 Å². The lowest BCUT2D eigenvalue weighted by molar-refractivity contribution is -0.120. The lowest BCUT2D eigenvalue weighted by Gasteiger charge is -2.30. The highest BCUT2D eigenvalue weighted by Crippen LogP contribution is 2.40. The number of nitrogens with zero attached hydrogens (tertiary/aromatic N) is 2. The van der Waals surface area contributed by atoms with Crippen LogP contribution in [0.4, 0.5) is 9.80 Å². The van der Waals surface area contributed by atoms with Gasteiger partial charge in [0, 0.05) is 11.4 Å². The molecule has 7 heteroatoms. The van der Waals surface area contributed by atoms with E-state index in [1.165, 1.54) is 16.2 Å². The smallest absolute Gasteiger partial charge is 0.341 e. The summed E-state index contributed by atoms with van der Waals surface area (Å²) in [6, 6.07) is -0.720. The number of fused-ring (bicyclic) bond motifs is 1. The predicted molar refractivity (Wildman–Crippen MR) is 91.5 cm³/mol. The minimum absolute atomic E-state index is 0.224. The minimum atomic E-state index is -0.479. The topological polar surface area (TPSA) is 66.9 Å². The van der Waals surface area contributed by atoms with E-state index in [-0.39, 0.29) is 18.5 Å². The van der Waals surface area contributed by atoms with Gasteiger partial charge < -0.3 is 9.64 Å². The average Bonchev–Trinajstić information content (AvgIpc) is 2.94. The van der Waals surface area contributed by atoms with Crippen molar-refractivity contribution in [2.75, 3.05) is 18.1 Å². The van der Waals surface area contributed by atoms with Crippen molar-refractivity contribution in [2.24, 2.45) is 5.92 Å². The summed E-state index contributed by atoms with van der Waals surface area (Å²) in [7, 11) is 0. The summed E-state index contributed by atoms with van der Waals surface area (Å²) in [4.78, 5) is 41.8. The van der Waals surface area contributed by atoms with Gasteiger partial charge in [-0.3, -0.25) is 4.79 Å². The van der Waals surface area contributed by atoms with Gasteiger partial charge in [0.2, 0.25) is 0 Å². The molecule has 1 aromatic rings. The summed E-state index contributed by atoms with van der Waals surface area (Å²) in [6.07, 6.45) is 1.58. The molecule has 1 aromatic heterocycles. The molecular weight excluding hydrogens is 328 g/mol. The van der Waals surface area contributed by atoms with Gasteiger partial charge in [-0.1, -0.05) is 6.92 Å². The zero-order valence-corrected chi connectivity index (χ0v) is 15.2. The number of ether oxygens (including phenoxy) is 1. The Labute approximate surface area is 145 Å². The van der Waals surface area contributed by atoms with Gasteiger partial charge in [0.15, 0.2) is 0 Å². The Morgan fingerprint density at radius 1 is 1.33 bits per heavy atom. The Balaban J connectivity index is 2.03. The highest BCUT2D eigenvalue weighted by atomic mass is 32.1. The molecule has 6 nitrogen and oxygen atoms in total. The minimum Gasteiger partial charge on any atom is -0.462 e. The highest BCUT2D eigenvalue weighted by Gasteiger charge is 2.49. The summed E-state index contributed by atoms with van der Waals surface area (Å²) in [5, 5.41) is 0.403. The molecule has 3 rings (SSSR count). The van der Waals surface area contributed by atoms with Crippen LogP contribution in [0.3, 0.4) is 0 Å². The van der Waals surface area contributed by atoms with Crippen molar-refractivity contribution < 1.29 is 19.1 Å². The van der Waals surface area contributed by atoms with E-state index in [2.05, 4.69) is 6.92 Å². The molecule has 0 aliphatic carbocycles. The summed E-state index contributed by atoms with van der Waals surface area (Å²) >= 11 is 1.30. The Bertz CT molecular complexity index is 712. The summed E-state index contributed by atoms with van der Waals surface area (Å²) in [6.45, 7) is 8.38. The van der Waals surface area contributed by atoms with E-state index in [0.717, 1.165) is 16.9 Å². The van der Waals surface area contributed by atoms with E-state index < -0.39 is 12.0 Å². The molecule has 3 amide bonds. The number of amides is 3. The fourth-order valence-electron chi connectivity index (χ4n) is 3.37. The number of carbonyl (C=O) groups excluding carboxylic acids is 3. The van der Waals surface area contributed by atoms with Crippen LogP contribution in [0, 0.1) is 19.8 Å². The molecule has 2 fully saturated rings. The molecule has 0 spiro atoms. The number of hydrogen-bond acceptors (Lipinski definition) is 5.